The van der Waals surface area contributed by atoms with E-state index in [9.17, 15) is 9.18 Å². The third-order valence-corrected chi connectivity index (χ3v) is 7.73. The van der Waals surface area contributed by atoms with Gasteiger partial charge >= 0.3 is 5.97 Å². The van der Waals surface area contributed by atoms with Gasteiger partial charge in [0.15, 0.2) is 6.10 Å². The van der Waals surface area contributed by atoms with Crippen molar-refractivity contribution < 1.29 is 23.1 Å². The van der Waals surface area contributed by atoms with Crippen LogP contribution in [-0.2, 0) is 17.5 Å². The molecule has 2 heterocycles. The first-order valence-corrected chi connectivity index (χ1v) is 12.8. The summed E-state index contributed by atoms with van der Waals surface area (Å²) in [5.41, 5.74) is 2.35. The molecule has 5 nitrogen and oxygen atoms in total. The Hall–Kier alpha value is -2.03. The molecule has 1 aliphatic heterocycles. The highest BCUT2D eigenvalue weighted by molar-refractivity contribution is 9.10. The van der Waals surface area contributed by atoms with E-state index in [0.717, 1.165) is 55.7 Å². The molecule has 0 amide bonds. The number of aryl methyl sites for hydroxylation is 1. The predicted octanol–water partition coefficient (Wildman–Crippen LogP) is 5.78. The van der Waals surface area contributed by atoms with Crippen LogP contribution in [0.5, 0.6) is 5.75 Å². The van der Waals surface area contributed by atoms with E-state index < -0.39 is 0 Å². The number of benzene rings is 2. The summed E-state index contributed by atoms with van der Waals surface area (Å²) in [5, 5.41) is 0.815. The third kappa shape index (κ3) is 5.23. The van der Waals surface area contributed by atoms with Crippen molar-refractivity contribution in [2.75, 3.05) is 33.8 Å². The molecule has 0 bridgehead atoms. The molecule has 1 atom stereocenters. The van der Waals surface area contributed by atoms with Crippen molar-refractivity contribution in [3.8, 4) is 5.75 Å². The minimum Gasteiger partial charge on any atom is -0.483 e. The van der Waals surface area contributed by atoms with Crippen LogP contribution in [-0.4, -0.2) is 54.9 Å². The minimum atomic E-state index is -0.343. The first-order valence-electron chi connectivity index (χ1n) is 11.0. The molecule has 1 aromatic heterocycles. The zero-order valence-corrected chi connectivity index (χ0v) is 21.8. The highest BCUT2D eigenvalue weighted by atomic mass is 79.9. The number of carbonyl (C=O) groups is 1. The number of carbonyl (C=O) groups excluding carboxylic acids is 1. The van der Waals surface area contributed by atoms with Gasteiger partial charge in [0.25, 0.3) is 0 Å². The quantitative estimate of drug-likeness (QED) is 0.218. The van der Waals surface area contributed by atoms with Crippen molar-refractivity contribution in [1.82, 2.24) is 4.57 Å². The van der Waals surface area contributed by atoms with Gasteiger partial charge in [-0.1, -0.05) is 0 Å². The summed E-state index contributed by atoms with van der Waals surface area (Å²) in [5.74, 6) is 0.679. The lowest BCUT2D eigenvalue weighted by Crippen LogP contribution is -2.38. The highest BCUT2D eigenvalue weighted by Gasteiger charge is 2.33. The number of likely N-dealkylation sites (N-methyl/N-ethyl adjacent to an activating group) is 1. The molecule has 0 spiro atoms. The van der Waals surface area contributed by atoms with E-state index in [4.69, 9.17) is 9.47 Å². The first kappa shape index (κ1) is 24.1. The first-order chi connectivity index (χ1) is 15.7. The highest BCUT2D eigenvalue weighted by Crippen LogP contribution is 2.38. The van der Waals surface area contributed by atoms with Crippen LogP contribution in [0, 0.1) is 5.82 Å². The molecular weight excluding hydrogens is 507 g/mol. The molecule has 0 saturated carbocycles. The normalized spacial score (nSPS) is 17.5. The summed E-state index contributed by atoms with van der Waals surface area (Å²) in [6, 6.07) is 10.3. The van der Waals surface area contributed by atoms with Crippen LogP contribution in [0.2, 0.25) is 0 Å². The average Bonchev–Trinajstić information content (AvgIpc) is 3.24. The van der Waals surface area contributed by atoms with Crippen LogP contribution in [0.25, 0.3) is 10.9 Å². The Morgan fingerprint density at radius 3 is 2.64 bits per heavy atom. The van der Waals surface area contributed by atoms with Gasteiger partial charge in [-0.3, -0.25) is 0 Å². The number of thioether (sulfide) groups is 1. The number of hydrogen-bond donors (Lipinski definition) is 0. The lowest BCUT2D eigenvalue weighted by Gasteiger charge is -2.23. The zero-order valence-electron chi connectivity index (χ0n) is 19.4. The van der Waals surface area contributed by atoms with Crippen molar-refractivity contribution in [3.63, 3.8) is 0 Å². The van der Waals surface area contributed by atoms with Crippen LogP contribution in [0.3, 0.4) is 0 Å². The monoisotopic (exact) mass is 535 g/mol. The summed E-state index contributed by atoms with van der Waals surface area (Å²) in [4.78, 5) is 14.0. The Balaban J connectivity index is 1.71. The van der Waals surface area contributed by atoms with Crippen LogP contribution in [0.1, 0.15) is 29.4 Å². The van der Waals surface area contributed by atoms with Crippen molar-refractivity contribution in [1.29, 1.82) is 0 Å². The topological polar surface area (TPSA) is 40.5 Å². The maximum absolute atomic E-state index is 13.3. The number of hydrogen-bond acceptors (Lipinski definition) is 4. The Labute approximate surface area is 206 Å². The van der Waals surface area contributed by atoms with E-state index >= 15 is 0 Å². The number of nitrogens with zero attached hydrogens (tertiary/aromatic N) is 2. The Bertz CT molecular complexity index is 1180. The van der Waals surface area contributed by atoms with Gasteiger partial charge in [0.1, 0.15) is 18.1 Å². The lowest BCUT2D eigenvalue weighted by molar-refractivity contribution is -0.879. The number of ether oxygens (including phenoxy) is 2. The molecule has 1 unspecified atom stereocenters. The molecule has 0 N–H and O–H groups in total. The van der Waals surface area contributed by atoms with Crippen molar-refractivity contribution in [3.05, 3.63) is 57.9 Å². The van der Waals surface area contributed by atoms with Gasteiger partial charge in [-0.05, 0) is 59.3 Å². The van der Waals surface area contributed by atoms with Crippen LogP contribution in [0.15, 0.2) is 45.8 Å². The van der Waals surface area contributed by atoms with Gasteiger partial charge in [0, 0.05) is 35.2 Å². The summed E-state index contributed by atoms with van der Waals surface area (Å²) in [6.45, 7) is 4.13. The number of quaternary nitrogens is 1. The average molecular weight is 536 g/mol. The standard InChI is InChI=1S/C25H29BrFN2O3S/c1-5-31-25(30)24-19-12-23(32-17-10-11-29(3,4)14-17)20(26)13-21(19)28(2)22(24)15-33-18-8-6-16(27)7-9-18/h6-9,12-13,17H,5,10-11,14-15H2,1-4H3/q+1. The molecule has 1 aliphatic rings. The SMILES string of the molecule is CCOC(=O)c1c(CSc2ccc(F)cc2)n(C)c2cc(Br)c(OC3CC[N+](C)(C)C3)cc12. The molecular formula is C25H29BrFN2O3S+. The minimum absolute atomic E-state index is 0.136. The maximum Gasteiger partial charge on any atom is 0.340 e. The second-order valence-electron chi connectivity index (χ2n) is 9.01. The zero-order chi connectivity index (χ0) is 23.8. The fraction of sp³-hybridized carbons (Fsp3) is 0.400. The van der Waals surface area contributed by atoms with E-state index in [1.807, 2.05) is 23.7 Å². The maximum atomic E-state index is 13.3. The van der Waals surface area contributed by atoms with Gasteiger partial charge in [0.2, 0.25) is 0 Å². The van der Waals surface area contributed by atoms with E-state index in [1.165, 1.54) is 12.1 Å². The second kappa shape index (κ2) is 9.68. The lowest BCUT2D eigenvalue weighted by atomic mass is 10.1. The van der Waals surface area contributed by atoms with Gasteiger partial charge < -0.3 is 18.5 Å². The number of fused-ring (bicyclic) bond motifs is 1. The fourth-order valence-corrected chi connectivity index (χ4v) is 5.76. The Morgan fingerprint density at radius 2 is 2.00 bits per heavy atom. The summed E-state index contributed by atoms with van der Waals surface area (Å²) in [6.07, 6.45) is 1.13. The number of esters is 1. The molecule has 4 rings (SSSR count). The van der Waals surface area contributed by atoms with Gasteiger partial charge in [-0.2, -0.15) is 0 Å². The molecule has 8 heteroatoms. The van der Waals surface area contributed by atoms with Crippen LogP contribution < -0.4 is 4.74 Å². The van der Waals surface area contributed by atoms with Crippen molar-refractivity contribution in [2.24, 2.45) is 7.05 Å². The smallest absolute Gasteiger partial charge is 0.340 e. The molecule has 176 valence electrons. The van der Waals surface area contributed by atoms with E-state index in [2.05, 4.69) is 30.0 Å². The molecule has 33 heavy (non-hydrogen) atoms. The Kier molecular flexibility index (Phi) is 7.07. The van der Waals surface area contributed by atoms with Gasteiger partial charge in [-0.25, -0.2) is 9.18 Å². The van der Waals surface area contributed by atoms with Crippen LogP contribution >= 0.6 is 27.7 Å². The predicted molar refractivity (Wildman–Crippen MR) is 133 cm³/mol. The van der Waals surface area contributed by atoms with E-state index in [-0.39, 0.29) is 17.9 Å². The Morgan fingerprint density at radius 1 is 1.27 bits per heavy atom. The van der Waals surface area contributed by atoms with Crippen molar-refractivity contribution >= 4 is 44.6 Å². The number of aromatic nitrogens is 1. The summed E-state index contributed by atoms with van der Waals surface area (Å²) < 4.78 is 28.9. The number of halogens is 2. The van der Waals surface area contributed by atoms with E-state index in [1.54, 1.807) is 30.8 Å². The molecule has 1 saturated heterocycles. The second-order valence-corrected chi connectivity index (χ2v) is 10.9. The number of likely N-dealkylation sites (tertiary alicyclic amines) is 1. The molecule has 2 aromatic carbocycles. The summed E-state index contributed by atoms with van der Waals surface area (Å²) >= 11 is 5.23. The van der Waals surface area contributed by atoms with E-state index in [0.29, 0.717) is 17.9 Å². The van der Waals surface area contributed by atoms with Gasteiger partial charge in [-0.15, -0.1) is 11.8 Å². The molecule has 0 radical (unpaired) electrons. The van der Waals surface area contributed by atoms with Gasteiger partial charge in [0.05, 0.1) is 42.8 Å². The van der Waals surface area contributed by atoms with Crippen molar-refractivity contribution in [2.45, 2.75) is 30.1 Å². The third-order valence-electron chi connectivity index (χ3n) is 6.09. The summed E-state index contributed by atoms with van der Waals surface area (Å²) in [7, 11) is 6.38. The number of rotatable bonds is 7. The fourth-order valence-electron chi connectivity index (χ4n) is 4.37. The largest absolute Gasteiger partial charge is 0.483 e. The van der Waals surface area contributed by atoms with Crippen LogP contribution in [0.4, 0.5) is 4.39 Å². The molecule has 1 fully saturated rings. The molecule has 3 aromatic rings. The molecule has 0 aliphatic carbocycles.